The van der Waals surface area contributed by atoms with Gasteiger partial charge in [-0.2, -0.15) is 0 Å². The molecule has 0 fully saturated rings. The third kappa shape index (κ3) is 7.47. The van der Waals surface area contributed by atoms with E-state index in [0.29, 0.717) is 12.3 Å². The van der Waals surface area contributed by atoms with Gasteiger partial charge in [0.15, 0.2) is 0 Å². The lowest BCUT2D eigenvalue weighted by atomic mass is 10.1. The first-order valence-electron chi connectivity index (χ1n) is 3.69. The normalized spacial score (nSPS) is 10.3. The summed E-state index contributed by atoms with van der Waals surface area (Å²) in [5.74, 6) is -0.119. The molecule has 10 heavy (non-hydrogen) atoms. The molecule has 0 aromatic heterocycles. The van der Waals surface area contributed by atoms with Crippen LogP contribution in [0.1, 0.15) is 33.1 Å². The van der Waals surface area contributed by atoms with E-state index < -0.39 is 5.97 Å². The van der Waals surface area contributed by atoms with Crippen LogP contribution in [0.25, 0.3) is 0 Å². The summed E-state index contributed by atoms with van der Waals surface area (Å²) in [6.45, 7) is 4.28. The van der Waals surface area contributed by atoms with E-state index in [0.717, 1.165) is 12.8 Å². The zero-order valence-corrected chi connectivity index (χ0v) is 6.63. The number of carbonyl (C=O) groups is 1. The third-order valence-electron chi connectivity index (χ3n) is 1.30. The summed E-state index contributed by atoms with van der Waals surface area (Å²) < 4.78 is 0. The van der Waals surface area contributed by atoms with Gasteiger partial charge in [0.1, 0.15) is 0 Å². The van der Waals surface area contributed by atoms with Crippen LogP contribution < -0.4 is 0 Å². The van der Waals surface area contributed by atoms with Gasteiger partial charge >= 0.3 is 5.97 Å². The van der Waals surface area contributed by atoms with Crippen LogP contribution >= 0.6 is 0 Å². The van der Waals surface area contributed by atoms with E-state index in [1.807, 2.05) is 0 Å². The van der Waals surface area contributed by atoms with E-state index in [2.05, 4.69) is 13.8 Å². The summed E-state index contributed by atoms with van der Waals surface area (Å²) in [5, 5.41) is 8.22. The first-order valence-corrected chi connectivity index (χ1v) is 3.69. The van der Waals surface area contributed by atoms with Crippen LogP contribution in [0.2, 0.25) is 0 Å². The van der Waals surface area contributed by atoms with Crippen LogP contribution in [-0.2, 0) is 4.79 Å². The van der Waals surface area contributed by atoms with Gasteiger partial charge in [-0.15, -0.1) is 0 Å². The fourth-order valence-electron chi connectivity index (χ4n) is 0.752. The fraction of sp³-hybridized carbons (Fsp3) is 0.750. The number of hydrogen-bond donors (Lipinski definition) is 1. The highest BCUT2D eigenvalue weighted by molar-refractivity contribution is 5.76. The molecule has 0 saturated heterocycles. The van der Waals surface area contributed by atoms with Crippen molar-refractivity contribution in [1.29, 1.82) is 0 Å². The molecule has 0 atom stereocenters. The molecular formula is C8H15O2. The van der Waals surface area contributed by atoms with Crippen molar-refractivity contribution >= 4 is 5.97 Å². The molecule has 0 aliphatic rings. The zero-order chi connectivity index (χ0) is 7.98. The lowest BCUT2D eigenvalue weighted by Crippen LogP contribution is -1.96. The number of rotatable bonds is 5. The minimum atomic E-state index is -0.802. The smallest absolute Gasteiger partial charge is 0.307 e. The maximum atomic E-state index is 9.99. The molecule has 59 valence electrons. The Kier molecular flexibility index (Phi) is 4.99. The molecule has 1 N–H and O–H groups in total. The number of carboxylic acids is 1. The van der Waals surface area contributed by atoms with Crippen LogP contribution in [0.4, 0.5) is 0 Å². The largest absolute Gasteiger partial charge is 0.481 e. The van der Waals surface area contributed by atoms with Gasteiger partial charge in [-0.3, -0.25) is 4.79 Å². The van der Waals surface area contributed by atoms with E-state index in [1.165, 1.54) is 6.42 Å². The average molecular weight is 143 g/mol. The fourth-order valence-corrected chi connectivity index (χ4v) is 0.752. The Morgan fingerprint density at radius 2 is 2.20 bits per heavy atom. The Labute approximate surface area is 62.2 Å². The molecule has 0 aromatic rings. The molecule has 0 aliphatic heterocycles. The second-order valence-corrected chi connectivity index (χ2v) is 2.87. The molecule has 2 heteroatoms. The maximum Gasteiger partial charge on any atom is 0.307 e. The summed E-state index contributed by atoms with van der Waals surface area (Å²) in [5.41, 5.74) is 0. The van der Waals surface area contributed by atoms with E-state index >= 15 is 0 Å². The molecule has 0 spiro atoms. The Bertz CT molecular complexity index is 97.4. The van der Waals surface area contributed by atoms with Crippen molar-refractivity contribution in [3.8, 4) is 0 Å². The van der Waals surface area contributed by atoms with Gasteiger partial charge in [0.2, 0.25) is 0 Å². The predicted molar refractivity (Wildman–Crippen MR) is 40.6 cm³/mol. The van der Waals surface area contributed by atoms with Crippen molar-refractivity contribution in [1.82, 2.24) is 0 Å². The summed E-state index contributed by atoms with van der Waals surface area (Å²) in [6.07, 6.45) is 4.13. The van der Waals surface area contributed by atoms with Gasteiger partial charge < -0.3 is 5.11 Å². The first kappa shape index (κ1) is 9.47. The van der Waals surface area contributed by atoms with Crippen LogP contribution in [-0.4, -0.2) is 11.1 Å². The van der Waals surface area contributed by atoms with Crippen LogP contribution in [0, 0.1) is 12.3 Å². The standard InChI is InChI=1S/C8H15O2/c1-7(2)5-3-4-6-8(9)10/h6-7H,3-5H2,1-2H3,(H,9,10). The zero-order valence-electron chi connectivity index (χ0n) is 6.63. The molecule has 2 nitrogen and oxygen atoms in total. The highest BCUT2D eigenvalue weighted by Crippen LogP contribution is 2.06. The number of hydrogen-bond acceptors (Lipinski definition) is 1. The van der Waals surface area contributed by atoms with Crippen molar-refractivity contribution in [3.05, 3.63) is 6.42 Å². The minimum absolute atomic E-state index is 0.683. The van der Waals surface area contributed by atoms with Crippen molar-refractivity contribution in [3.63, 3.8) is 0 Å². The highest BCUT2D eigenvalue weighted by atomic mass is 16.4. The summed E-state index contributed by atoms with van der Waals surface area (Å²) in [6, 6.07) is 0. The molecule has 0 bridgehead atoms. The Morgan fingerprint density at radius 3 is 2.60 bits per heavy atom. The van der Waals surface area contributed by atoms with E-state index in [4.69, 9.17) is 5.11 Å². The molecular weight excluding hydrogens is 128 g/mol. The molecule has 0 rings (SSSR count). The van der Waals surface area contributed by atoms with Gasteiger partial charge in [0.05, 0.1) is 6.42 Å². The van der Waals surface area contributed by atoms with Gasteiger partial charge in [-0.05, 0) is 12.3 Å². The second kappa shape index (κ2) is 5.27. The lowest BCUT2D eigenvalue weighted by Gasteiger charge is -2.00. The van der Waals surface area contributed by atoms with Crippen LogP contribution in [0.5, 0.6) is 0 Å². The Balaban J connectivity index is 2.98. The molecule has 0 aromatic carbocycles. The topological polar surface area (TPSA) is 37.3 Å². The summed E-state index contributed by atoms with van der Waals surface area (Å²) in [4.78, 5) is 9.99. The van der Waals surface area contributed by atoms with Crippen molar-refractivity contribution in [2.24, 2.45) is 5.92 Å². The first-order chi connectivity index (χ1) is 4.63. The maximum absolute atomic E-state index is 9.99. The molecule has 0 unspecified atom stereocenters. The molecule has 0 saturated carbocycles. The average Bonchev–Trinajstić information content (AvgIpc) is 1.79. The SMILES string of the molecule is CC(C)CCC[CH]C(=O)O. The highest BCUT2D eigenvalue weighted by Gasteiger charge is 1.98. The summed E-state index contributed by atoms with van der Waals surface area (Å²) in [7, 11) is 0. The number of unbranched alkanes of at least 4 members (excludes halogenated alkanes) is 1. The van der Waals surface area contributed by atoms with E-state index in [1.54, 1.807) is 0 Å². The molecule has 0 heterocycles. The third-order valence-corrected chi connectivity index (χ3v) is 1.30. The van der Waals surface area contributed by atoms with Crippen LogP contribution in [0.3, 0.4) is 0 Å². The molecule has 0 amide bonds. The Hall–Kier alpha value is -0.530. The van der Waals surface area contributed by atoms with Crippen molar-refractivity contribution < 1.29 is 9.90 Å². The van der Waals surface area contributed by atoms with Gasteiger partial charge in [-0.1, -0.05) is 26.7 Å². The Morgan fingerprint density at radius 1 is 1.60 bits per heavy atom. The van der Waals surface area contributed by atoms with Crippen molar-refractivity contribution in [2.45, 2.75) is 33.1 Å². The van der Waals surface area contributed by atoms with E-state index in [-0.39, 0.29) is 0 Å². The second-order valence-electron chi connectivity index (χ2n) is 2.87. The predicted octanol–water partition coefficient (Wildman–Crippen LogP) is 2.10. The monoisotopic (exact) mass is 143 g/mol. The van der Waals surface area contributed by atoms with E-state index in [9.17, 15) is 4.79 Å². The quantitative estimate of drug-likeness (QED) is 0.598. The lowest BCUT2D eigenvalue weighted by molar-refractivity contribution is -0.133. The van der Waals surface area contributed by atoms with Gasteiger partial charge in [0, 0.05) is 0 Å². The van der Waals surface area contributed by atoms with Gasteiger partial charge in [0.25, 0.3) is 0 Å². The number of aliphatic carboxylic acids is 1. The van der Waals surface area contributed by atoms with Crippen LogP contribution in [0.15, 0.2) is 0 Å². The molecule has 1 radical (unpaired) electrons. The molecule has 0 aliphatic carbocycles. The summed E-state index contributed by atoms with van der Waals surface area (Å²) >= 11 is 0. The van der Waals surface area contributed by atoms with Crippen molar-refractivity contribution in [2.75, 3.05) is 0 Å². The minimum Gasteiger partial charge on any atom is -0.481 e. The van der Waals surface area contributed by atoms with Gasteiger partial charge in [-0.25, -0.2) is 0 Å². The number of carboxylic acid groups (broad SMARTS) is 1.